The summed E-state index contributed by atoms with van der Waals surface area (Å²) in [6.45, 7) is 3.54. The molecule has 6 nitrogen and oxygen atoms in total. The van der Waals surface area contributed by atoms with Crippen molar-refractivity contribution in [3.8, 4) is 5.75 Å². The average Bonchev–Trinajstić information content (AvgIpc) is 2.97. The summed E-state index contributed by atoms with van der Waals surface area (Å²) in [5.41, 5.74) is 1.57. The summed E-state index contributed by atoms with van der Waals surface area (Å²) >= 11 is 0. The quantitative estimate of drug-likeness (QED) is 0.583. The first-order valence-corrected chi connectivity index (χ1v) is 7.49. The van der Waals surface area contributed by atoms with Crippen molar-refractivity contribution in [3.05, 3.63) is 63.4 Å². The molecule has 124 valence electrons. The summed E-state index contributed by atoms with van der Waals surface area (Å²) < 4.78 is 15.4. The Balaban J connectivity index is 1.95. The Morgan fingerprint density at radius 2 is 2.04 bits per heavy atom. The molecule has 6 heteroatoms. The van der Waals surface area contributed by atoms with E-state index in [1.807, 2.05) is 6.92 Å². The normalized spacial score (nSPS) is 10.9. The number of phenolic OH excluding ortho intramolecular Hbond substituents is 1. The van der Waals surface area contributed by atoms with Crippen LogP contribution in [-0.2, 0) is 17.8 Å². The predicted molar refractivity (Wildman–Crippen MR) is 86.1 cm³/mol. The third-order valence-corrected chi connectivity index (χ3v) is 3.82. The largest absolute Gasteiger partial charge is 0.508 e. The van der Waals surface area contributed by atoms with Crippen LogP contribution in [0.1, 0.15) is 34.2 Å². The van der Waals surface area contributed by atoms with Crippen LogP contribution in [0.4, 0.5) is 0 Å². The molecule has 0 amide bonds. The monoisotopic (exact) mass is 328 g/mol. The van der Waals surface area contributed by atoms with Gasteiger partial charge in [0.2, 0.25) is 5.76 Å². The second-order valence-corrected chi connectivity index (χ2v) is 5.43. The molecule has 0 aliphatic rings. The van der Waals surface area contributed by atoms with Gasteiger partial charge in [-0.2, -0.15) is 0 Å². The maximum Gasteiger partial charge on any atom is 0.374 e. The van der Waals surface area contributed by atoms with Crippen LogP contribution >= 0.6 is 0 Å². The molecule has 1 aromatic carbocycles. The SMILES string of the molecule is CCc1cc2c(COC(=O)c3occc3C)cc(=O)oc2cc1O. The van der Waals surface area contributed by atoms with Crippen molar-refractivity contribution >= 4 is 16.9 Å². The summed E-state index contributed by atoms with van der Waals surface area (Å²) in [4.78, 5) is 23.7. The summed E-state index contributed by atoms with van der Waals surface area (Å²) in [6.07, 6.45) is 2.03. The lowest BCUT2D eigenvalue weighted by molar-refractivity contribution is 0.0436. The number of hydrogen-bond donors (Lipinski definition) is 1. The van der Waals surface area contributed by atoms with Gasteiger partial charge in [-0.3, -0.25) is 0 Å². The summed E-state index contributed by atoms with van der Waals surface area (Å²) in [7, 11) is 0. The molecule has 0 saturated heterocycles. The zero-order valence-corrected chi connectivity index (χ0v) is 13.3. The Hall–Kier alpha value is -3.02. The van der Waals surface area contributed by atoms with E-state index in [0.717, 1.165) is 0 Å². The van der Waals surface area contributed by atoms with E-state index in [0.29, 0.717) is 28.5 Å². The number of aryl methyl sites for hydroxylation is 2. The van der Waals surface area contributed by atoms with Crippen LogP contribution < -0.4 is 5.63 Å². The maximum absolute atomic E-state index is 12.0. The lowest BCUT2D eigenvalue weighted by Crippen LogP contribution is -2.08. The van der Waals surface area contributed by atoms with Crippen molar-refractivity contribution in [2.45, 2.75) is 26.9 Å². The lowest BCUT2D eigenvalue weighted by atomic mass is 10.0. The van der Waals surface area contributed by atoms with E-state index in [2.05, 4.69) is 0 Å². The van der Waals surface area contributed by atoms with Crippen LogP contribution in [-0.4, -0.2) is 11.1 Å². The molecule has 0 aliphatic carbocycles. The second-order valence-electron chi connectivity index (χ2n) is 5.43. The number of benzene rings is 1. The van der Waals surface area contributed by atoms with E-state index in [1.54, 1.807) is 19.1 Å². The zero-order chi connectivity index (χ0) is 17.3. The first-order valence-electron chi connectivity index (χ1n) is 7.49. The molecule has 24 heavy (non-hydrogen) atoms. The van der Waals surface area contributed by atoms with Crippen molar-refractivity contribution < 1.29 is 23.5 Å². The molecular weight excluding hydrogens is 312 g/mol. The van der Waals surface area contributed by atoms with Gasteiger partial charge in [0.05, 0.1) is 6.26 Å². The first kappa shape index (κ1) is 15.9. The van der Waals surface area contributed by atoms with Gasteiger partial charge >= 0.3 is 11.6 Å². The minimum Gasteiger partial charge on any atom is -0.508 e. The van der Waals surface area contributed by atoms with Gasteiger partial charge in [-0.25, -0.2) is 9.59 Å². The van der Waals surface area contributed by atoms with Gasteiger partial charge in [0.1, 0.15) is 17.9 Å². The summed E-state index contributed by atoms with van der Waals surface area (Å²) in [5, 5.41) is 10.5. The van der Waals surface area contributed by atoms with Gasteiger partial charge < -0.3 is 18.7 Å². The molecule has 0 unspecified atom stereocenters. The Morgan fingerprint density at radius 1 is 1.25 bits per heavy atom. The molecule has 0 aliphatic heterocycles. The van der Waals surface area contributed by atoms with E-state index < -0.39 is 11.6 Å². The number of ether oxygens (including phenoxy) is 1. The fourth-order valence-corrected chi connectivity index (χ4v) is 2.50. The fourth-order valence-electron chi connectivity index (χ4n) is 2.50. The average molecular weight is 328 g/mol. The van der Waals surface area contributed by atoms with Gasteiger partial charge in [-0.05, 0) is 31.0 Å². The molecule has 0 saturated carbocycles. The Labute approximate surface area is 137 Å². The van der Waals surface area contributed by atoms with Crippen molar-refractivity contribution in [1.82, 2.24) is 0 Å². The number of carbonyl (C=O) groups excluding carboxylic acids is 1. The van der Waals surface area contributed by atoms with Gasteiger partial charge in [0.25, 0.3) is 0 Å². The molecule has 0 spiro atoms. The van der Waals surface area contributed by atoms with E-state index >= 15 is 0 Å². The lowest BCUT2D eigenvalue weighted by Gasteiger charge is -2.09. The highest BCUT2D eigenvalue weighted by Crippen LogP contribution is 2.27. The Morgan fingerprint density at radius 3 is 2.71 bits per heavy atom. The Bertz CT molecular complexity index is 963. The van der Waals surface area contributed by atoms with Gasteiger partial charge in [0, 0.05) is 28.6 Å². The number of rotatable bonds is 4. The predicted octanol–water partition coefficient (Wildman–Crippen LogP) is 3.32. The van der Waals surface area contributed by atoms with Crippen molar-refractivity contribution in [2.24, 2.45) is 0 Å². The number of esters is 1. The highest BCUT2D eigenvalue weighted by molar-refractivity contribution is 5.88. The van der Waals surface area contributed by atoms with Crippen LogP contribution in [0, 0.1) is 6.92 Å². The smallest absolute Gasteiger partial charge is 0.374 e. The minimum absolute atomic E-state index is 0.0634. The molecule has 3 rings (SSSR count). The van der Waals surface area contributed by atoms with E-state index in [4.69, 9.17) is 13.6 Å². The van der Waals surface area contributed by atoms with Crippen molar-refractivity contribution in [1.29, 1.82) is 0 Å². The van der Waals surface area contributed by atoms with Gasteiger partial charge in [-0.15, -0.1) is 0 Å². The van der Waals surface area contributed by atoms with Crippen LogP contribution in [0.3, 0.4) is 0 Å². The number of furan rings is 1. The molecule has 1 N–H and O–H groups in total. The van der Waals surface area contributed by atoms with Gasteiger partial charge in [-0.1, -0.05) is 6.92 Å². The highest BCUT2D eigenvalue weighted by Gasteiger charge is 2.16. The van der Waals surface area contributed by atoms with Gasteiger partial charge in [0.15, 0.2) is 0 Å². The van der Waals surface area contributed by atoms with E-state index in [1.165, 1.54) is 18.4 Å². The molecule has 0 atom stereocenters. The number of aromatic hydroxyl groups is 1. The molecule has 2 aromatic heterocycles. The second kappa shape index (κ2) is 6.23. The third-order valence-electron chi connectivity index (χ3n) is 3.82. The fraction of sp³-hybridized carbons (Fsp3) is 0.222. The van der Waals surface area contributed by atoms with Crippen LogP contribution in [0.15, 0.2) is 44.2 Å². The van der Waals surface area contributed by atoms with Crippen LogP contribution in [0.25, 0.3) is 11.0 Å². The maximum atomic E-state index is 12.0. The molecule has 2 heterocycles. The van der Waals surface area contributed by atoms with E-state index in [9.17, 15) is 14.7 Å². The summed E-state index contributed by atoms with van der Waals surface area (Å²) in [6, 6.07) is 6.08. The summed E-state index contributed by atoms with van der Waals surface area (Å²) in [5.74, 6) is -0.406. The third kappa shape index (κ3) is 2.90. The van der Waals surface area contributed by atoms with Crippen LogP contribution in [0.5, 0.6) is 5.75 Å². The molecule has 0 radical (unpaired) electrons. The van der Waals surface area contributed by atoms with Crippen molar-refractivity contribution in [3.63, 3.8) is 0 Å². The van der Waals surface area contributed by atoms with E-state index in [-0.39, 0.29) is 23.7 Å². The standard InChI is InChI=1S/C18H16O6/c1-3-11-6-13-12(7-16(20)24-15(13)8-14(11)19)9-23-18(21)17-10(2)4-5-22-17/h4-8,19H,3,9H2,1-2H3. The topological polar surface area (TPSA) is 89.9 Å². The number of fused-ring (bicyclic) bond motifs is 1. The van der Waals surface area contributed by atoms with Crippen LogP contribution in [0.2, 0.25) is 0 Å². The zero-order valence-electron chi connectivity index (χ0n) is 13.3. The number of phenols is 1. The first-order chi connectivity index (χ1) is 11.5. The number of hydrogen-bond acceptors (Lipinski definition) is 6. The highest BCUT2D eigenvalue weighted by atomic mass is 16.5. The molecule has 3 aromatic rings. The Kier molecular flexibility index (Phi) is 4.12. The molecule has 0 fully saturated rings. The molecular formula is C18H16O6. The van der Waals surface area contributed by atoms with Crippen molar-refractivity contribution in [2.75, 3.05) is 0 Å². The number of carbonyl (C=O) groups is 1. The molecule has 0 bridgehead atoms. The minimum atomic E-state index is -0.603.